The molecule has 6 heteroatoms. The zero-order valence-electron chi connectivity index (χ0n) is 14.5. The van der Waals surface area contributed by atoms with Crippen LogP contribution in [0.5, 0.6) is 0 Å². The first-order valence-electron chi connectivity index (χ1n) is 8.33. The lowest BCUT2D eigenvalue weighted by molar-refractivity contribution is 0.297. The molecule has 0 unspecified atom stereocenters. The van der Waals surface area contributed by atoms with Crippen LogP contribution in [0.1, 0.15) is 43.5 Å². The summed E-state index contributed by atoms with van der Waals surface area (Å²) in [6.45, 7) is 11.7. The third-order valence-corrected chi connectivity index (χ3v) is 4.81. The van der Waals surface area contributed by atoms with Gasteiger partial charge < -0.3 is 15.5 Å². The summed E-state index contributed by atoms with van der Waals surface area (Å²) in [6, 6.07) is 0. The van der Waals surface area contributed by atoms with Gasteiger partial charge in [-0.05, 0) is 38.9 Å². The maximum Gasteiger partial charge on any atom is 0.191 e. The topological polar surface area (TPSA) is 52.6 Å². The number of aromatic nitrogens is 1. The number of nitrogens with one attached hydrogen (secondary N) is 2. The Morgan fingerprint density at radius 1 is 1.23 bits per heavy atom. The number of guanidine groups is 1. The predicted molar refractivity (Wildman–Crippen MR) is 96.7 cm³/mol. The second kappa shape index (κ2) is 11.4. The molecular formula is C16H31N5S. The Bertz CT molecular complexity index is 426. The molecule has 0 aliphatic rings. The number of hydrogen-bond donors (Lipinski definition) is 2. The summed E-state index contributed by atoms with van der Waals surface area (Å²) in [5.41, 5.74) is 0. The van der Waals surface area contributed by atoms with Crippen molar-refractivity contribution in [3.63, 3.8) is 0 Å². The second-order valence-corrected chi connectivity index (χ2v) is 6.36. The van der Waals surface area contributed by atoms with Crippen molar-refractivity contribution in [1.29, 1.82) is 0 Å². The Labute approximate surface area is 139 Å². The molecule has 5 nitrogen and oxygen atoms in total. The van der Waals surface area contributed by atoms with E-state index >= 15 is 0 Å². The van der Waals surface area contributed by atoms with E-state index < -0.39 is 0 Å². The summed E-state index contributed by atoms with van der Waals surface area (Å²) in [5.74, 6) is 0.857. The van der Waals surface area contributed by atoms with E-state index in [9.17, 15) is 0 Å². The maximum absolute atomic E-state index is 4.41. The van der Waals surface area contributed by atoms with Gasteiger partial charge in [-0.15, -0.1) is 11.3 Å². The highest BCUT2D eigenvalue weighted by Crippen LogP contribution is 2.12. The van der Waals surface area contributed by atoms with Crippen LogP contribution in [0.25, 0.3) is 0 Å². The minimum absolute atomic E-state index is 0.740. The third kappa shape index (κ3) is 7.22. The highest BCUT2D eigenvalue weighted by Gasteiger charge is 2.03. The fourth-order valence-electron chi connectivity index (χ4n) is 2.18. The molecule has 1 aromatic rings. The molecular weight excluding hydrogens is 294 g/mol. The average molecular weight is 326 g/mol. The van der Waals surface area contributed by atoms with Gasteiger partial charge >= 0.3 is 0 Å². The van der Waals surface area contributed by atoms with E-state index in [1.54, 1.807) is 11.3 Å². The molecule has 0 saturated carbocycles. The second-order valence-electron chi connectivity index (χ2n) is 5.16. The van der Waals surface area contributed by atoms with E-state index in [4.69, 9.17) is 0 Å². The normalized spacial score (nSPS) is 12.0. The highest BCUT2D eigenvalue weighted by atomic mass is 32.1. The van der Waals surface area contributed by atoms with Crippen LogP contribution in [0.3, 0.4) is 0 Å². The third-order valence-electron chi connectivity index (χ3n) is 3.67. The van der Waals surface area contributed by atoms with Crippen LogP contribution in [0.15, 0.2) is 11.2 Å². The van der Waals surface area contributed by atoms with Crippen molar-refractivity contribution in [3.05, 3.63) is 16.1 Å². The first-order valence-corrected chi connectivity index (χ1v) is 9.15. The van der Waals surface area contributed by atoms with Gasteiger partial charge in [-0.25, -0.2) is 4.98 Å². The zero-order chi connectivity index (χ0) is 16.2. The predicted octanol–water partition coefficient (Wildman–Crippen LogP) is 2.49. The molecule has 0 bridgehead atoms. The van der Waals surface area contributed by atoms with Crippen molar-refractivity contribution in [2.24, 2.45) is 4.99 Å². The lowest BCUT2D eigenvalue weighted by atomic mass is 10.3. The lowest BCUT2D eigenvalue weighted by Gasteiger charge is -2.17. The van der Waals surface area contributed by atoms with Gasteiger partial charge in [-0.2, -0.15) is 0 Å². The molecule has 0 fully saturated rings. The maximum atomic E-state index is 4.41. The van der Waals surface area contributed by atoms with Gasteiger partial charge in [-0.1, -0.05) is 20.8 Å². The molecule has 0 atom stereocenters. The molecule has 0 aromatic carbocycles. The van der Waals surface area contributed by atoms with Gasteiger partial charge in [0.05, 0.1) is 6.54 Å². The lowest BCUT2D eigenvalue weighted by Crippen LogP contribution is -2.37. The van der Waals surface area contributed by atoms with Gasteiger partial charge in [0.25, 0.3) is 0 Å². The van der Waals surface area contributed by atoms with Crippen molar-refractivity contribution < 1.29 is 0 Å². The Balaban J connectivity index is 2.17. The molecule has 126 valence electrons. The molecule has 0 aliphatic heterocycles. The molecule has 0 radical (unpaired) electrons. The molecule has 1 heterocycles. The number of hydrogen-bond acceptors (Lipinski definition) is 4. The summed E-state index contributed by atoms with van der Waals surface area (Å²) >= 11 is 1.76. The molecule has 1 aromatic heterocycles. The van der Waals surface area contributed by atoms with Gasteiger partial charge in [-0.3, -0.25) is 4.99 Å². The molecule has 22 heavy (non-hydrogen) atoms. The Kier molecular flexibility index (Phi) is 9.82. The largest absolute Gasteiger partial charge is 0.356 e. The minimum Gasteiger partial charge on any atom is -0.356 e. The molecule has 0 aliphatic carbocycles. The van der Waals surface area contributed by atoms with Crippen LogP contribution in [-0.4, -0.2) is 49.1 Å². The highest BCUT2D eigenvalue weighted by molar-refractivity contribution is 7.11. The number of unbranched alkanes of at least 4 members (excludes halogenated alkanes) is 1. The Hall–Kier alpha value is -1.14. The molecule has 2 N–H and O–H groups in total. The van der Waals surface area contributed by atoms with Crippen molar-refractivity contribution in [3.8, 4) is 0 Å². The van der Waals surface area contributed by atoms with E-state index in [1.165, 1.54) is 17.8 Å². The van der Waals surface area contributed by atoms with E-state index in [1.807, 2.05) is 13.2 Å². The fraction of sp³-hybridized carbons (Fsp3) is 0.750. The first-order chi connectivity index (χ1) is 10.7. The Morgan fingerprint density at radius 2 is 2.00 bits per heavy atom. The van der Waals surface area contributed by atoms with E-state index in [2.05, 4.69) is 46.3 Å². The van der Waals surface area contributed by atoms with Crippen LogP contribution >= 0.6 is 11.3 Å². The van der Waals surface area contributed by atoms with E-state index in [0.717, 1.165) is 50.0 Å². The molecule has 0 saturated heterocycles. The van der Waals surface area contributed by atoms with Crippen LogP contribution in [0.2, 0.25) is 0 Å². The van der Waals surface area contributed by atoms with Crippen molar-refractivity contribution in [2.45, 2.75) is 46.6 Å². The summed E-state index contributed by atoms with van der Waals surface area (Å²) < 4.78 is 0. The summed E-state index contributed by atoms with van der Waals surface area (Å²) in [7, 11) is 1.81. The van der Waals surface area contributed by atoms with Crippen molar-refractivity contribution in [1.82, 2.24) is 20.5 Å². The van der Waals surface area contributed by atoms with Gasteiger partial charge in [0, 0.05) is 24.7 Å². The van der Waals surface area contributed by atoms with Gasteiger partial charge in [0.15, 0.2) is 5.96 Å². The summed E-state index contributed by atoms with van der Waals surface area (Å²) in [5, 5.41) is 7.80. The molecule has 0 amide bonds. The summed E-state index contributed by atoms with van der Waals surface area (Å²) in [6.07, 6.45) is 5.40. The van der Waals surface area contributed by atoms with Crippen molar-refractivity contribution in [2.75, 3.05) is 33.2 Å². The quantitative estimate of drug-likeness (QED) is 0.394. The zero-order valence-corrected chi connectivity index (χ0v) is 15.3. The first kappa shape index (κ1) is 18.9. The SMILES string of the molecule is CCc1cnc(CNC(=NC)NCCCCN(CC)CC)s1. The smallest absolute Gasteiger partial charge is 0.191 e. The fourth-order valence-corrected chi connectivity index (χ4v) is 2.98. The Morgan fingerprint density at radius 3 is 2.59 bits per heavy atom. The number of aryl methyl sites for hydroxylation is 1. The number of thiazole rings is 1. The van der Waals surface area contributed by atoms with E-state index in [0.29, 0.717) is 0 Å². The average Bonchev–Trinajstić information content (AvgIpc) is 3.01. The number of rotatable bonds is 10. The monoisotopic (exact) mass is 325 g/mol. The van der Waals surface area contributed by atoms with Crippen LogP contribution in [0.4, 0.5) is 0 Å². The van der Waals surface area contributed by atoms with Crippen LogP contribution in [0, 0.1) is 0 Å². The minimum atomic E-state index is 0.740. The molecule has 1 rings (SSSR count). The van der Waals surface area contributed by atoms with Gasteiger partial charge in [0.2, 0.25) is 0 Å². The summed E-state index contributed by atoms with van der Waals surface area (Å²) in [4.78, 5) is 12.5. The van der Waals surface area contributed by atoms with Crippen molar-refractivity contribution >= 4 is 17.3 Å². The standard InChI is InChI=1S/C16H31N5S/c1-5-14-12-19-15(22-14)13-20-16(17-4)18-10-8-9-11-21(6-2)7-3/h12H,5-11,13H2,1-4H3,(H2,17,18,20). The number of aliphatic imine (C=N–C) groups is 1. The molecule has 0 spiro atoms. The number of nitrogens with zero attached hydrogens (tertiary/aromatic N) is 3. The van der Waals surface area contributed by atoms with E-state index in [-0.39, 0.29) is 0 Å². The van der Waals surface area contributed by atoms with Gasteiger partial charge in [0.1, 0.15) is 5.01 Å². The van der Waals surface area contributed by atoms with Crippen LogP contribution in [-0.2, 0) is 13.0 Å². The van der Waals surface area contributed by atoms with Crippen LogP contribution < -0.4 is 10.6 Å².